The predicted molar refractivity (Wildman–Crippen MR) is 134 cm³/mol. The van der Waals surface area contributed by atoms with Crippen molar-refractivity contribution >= 4 is 28.9 Å². The minimum absolute atomic E-state index is 0.0857. The van der Waals surface area contributed by atoms with Gasteiger partial charge in [0.2, 0.25) is 0 Å². The number of ether oxygens (including phenoxy) is 1. The Morgan fingerprint density at radius 2 is 1.64 bits per heavy atom. The minimum Gasteiger partial charge on any atom is -0.414 e. The van der Waals surface area contributed by atoms with Crippen LogP contribution in [0.5, 0.6) is 0 Å². The number of nitrogens with one attached hydrogen (secondary N) is 1. The Kier molecular flexibility index (Phi) is 6.74. The zero-order chi connectivity index (χ0) is 24.3. The van der Waals surface area contributed by atoms with E-state index in [-0.39, 0.29) is 33.5 Å². The average Bonchev–Trinajstić information content (AvgIpc) is 3.18. The van der Waals surface area contributed by atoms with E-state index in [9.17, 15) is 9.59 Å². The van der Waals surface area contributed by atoms with Crippen LogP contribution in [-0.2, 0) is 17.7 Å². The van der Waals surface area contributed by atoms with Crippen LogP contribution in [-0.4, -0.2) is 56.0 Å². The van der Waals surface area contributed by atoms with Crippen LogP contribution < -0.4 is 11.2 Å². The highest BCUT2D eigenvalue weighted by Gasteiger charge is 2.69. The molecule has 0 aromatic carbocycles. The third kappa shape index (κ3) is 3.87. The van der Waals surface area contributed by atoms with Crippen LogP contribution >= 0.6 is 11.8 Å². The Balaban J connectivity index is 1.83. The summed E-state index contributed by atoms with van der Waals surface area (Å²) in [6, 6.07) is 1.36. The van der Waals surface area contributed by atoms with Crippen LogP contribution in [0.15, 0.2) is 21.9 Å². The molecule has 0 unspecified atom stereocenters. The number of aromatic nitrogens is 2. The first-order valence-electron chi connectivity index (χ1n) is 12.0. The van der Waals surface area contributed by atoms with Crippen LogP contribution in [0.2, 0.25) is 22.2 Å². The monoisotopic (exact) mass is 514 g/mol. The first-order chi connectivity index (χ1) is 15.4. The second-order valence-corrected chi connectivity index (χ2v) is 20.9. The van der Waals surface area contributed by atoms with Crippen LogP contribution in [0.25, 0.3) is 0 Å². The lowest BCUT2D eigenvalue weighted by Crippen LogP contribution is -2.67. The summed E-state index contributed by atoms with van der Waals surface area (Å²) >= 11 is 1.76. The molecule has 3 fully saturated rings. The fourth-order valence-corrected chi connectivity index (χ4v) is 18.7. The molecule has 186 valence electrons. The number of rotatable bonds is 5. The van der Waals surface area contributed by atoms with Gasteiger partial charge in [0.05, 0.1) is 18.0 Å². The van der Waals surface area contributed by atoms with E-state index in [4.69, 9.17) is 17.7 Å². The molecule has 3 saturated heterocycles. The lowest BCUT2D eigenvalue weighted by molar-refractivity contribution is -0.121. The maximum atomic E-state index is 12.6. The number of H-pyrrole nitrogens is 1. The molecule has 0 radical (unpaired) electrons. The summed E-state index contributed by atoms with van der Waals surface area (Å²) in [6.07, 6.45) is 0.750. The van der Waals surface area contributed by atoms with Crippen LogP contribution in [0.4, 0.5) is 0 Å². The first kappa shape index (κ1) is 25.4. The van der Waals surface area contributed by atoms with Gasteiger partial charge in [0, 0.05) is 18.0 Å². The third-order valence-corrected chi connectivity index (χ3v) is 19.2. The highest BCUT2D eigenvalue weighted by Crippen LogP contribution is 2.57. The fourth-order valence-electron chi connectivity index (χ4n) is 5.67. The molecule has 1 aromatic rings. The van der Waals surface area contributed by atoms with Crippen molar-refractivity contribution in [2.24, 2.45) is 0 Å². The van der Waals surface area contributed by atoms with E-state index in [1.165, 1.54) is 16.8 Å². The number of hydrogen-bond donors (Lipinski definition) is 1. The molecule has 1 N–H and O–H groups in total. The molecule has 4 atom stereocenters. The lowest BCUT2D eigenvalue weighted by Gasteiger charge is -2.52. The fraction of sp³-hybridized carbons (Fsp3) is 0.818. The van der Waals surface area contributed by atoms with E-state index in [2.05, 4.69) is 60.4 Å². The summed E-state index contributed by atoms with van der Waals surface area (Å²) in [6.45, 7) is 18.0. The molecule has 4 heterocycles. The Hall–Kier alpha value is -0.696. The number of nitrogens with zero attached hydrogens (tertiary/aromatic N) is 1. The van der Waals surface area contributed by atoms with E-state index in [0.29, 0.717) is 6.61 Å². The minimum atomic E-state index is -2.77. The van der Waals surface area contributed by atoms with Gasteiger partial charge in [-0.3, -0.25) is 14.3 Å². The second-order valence-electron chi connectivity index (χ2n) is 10.9. The van der Waals surface area contributed by atoms with Gasteiger partial charge in [-0.2, -0.15) is 0 Å². The highest BCUT2D eigenvalue weighted by atomic mass is 32.2. The standard InChI is InChI=1S/C22H38N2O6SSi2/c1-13(2)32(14(3)4)27-11-22-12-31-18(19(22)29-33(30-32,15(5)6)16(7)8)20(28-22)24-10-9-17(25)23-21(24)26/h9-10,13-16,18-20H,11-12H2,1-8H3,(H,23,25,26)/t18-,19+,20-,22+/m1/s1. The van der Waals surface area contributed by atoms with Gasteiger partial charge in [-0.15, -0.1) is 11.8 Å². The van der Waals surface area contributed by atoms with E-state index < -0.39 is 40.2 Å². The number of thioether (sulfide) groups is 1. The Morgan fingerprint density at radius 3 is 2.18 bits per heavy atom. The number of hydrogen-bond acceptors (Lipinski definition) is 7. The van der Waals surface area contributed by atoms with Gasteiger partial charge in [0.1, 0.15) is 5.60 Å². The molecule has 0 spiro atoms. The van der Waals surface area contributed by atoms with E-state index in [1.54, 1.807) is 11.8 Å². The van der Waals surface area contributed by atoms with Gasteiger partial charge in [0.25, 0.3) is 5.56 Å². The Bertz CT molecular complexity index is 980. The quantitative estimate of drug-likeness (QED) is 0.596. The summed E-state index contributed by atoms with van der Waals surface area (Å²) in [5.41, 5.74) is -0.584. The maximum absolute atomic E-state index is 12.6. The molecule has 3 aliphatic heterocycles. The number of aromatic amines is 1. The molecule has 8 nitrogen and oxygen atoms in total. The normalized spacial score (nSPS) is 33.0. The Labute approximate surface area is 202 Å². The summed E-state index contributed by atoms with van der Waals surface area (Å²) in [5, 5.41) is -0.0857. The van der Waals surface area contributed by atoms with Gasteiger partial charge in [-0.05, 0) is 22.2 Å². The van der Waals surface area contributed by atoms with Crippen molar-refractivity contribution in [3.05, 3.63) is 33.1 Å². The van der Waals surface area contributed by atoms with Crippen LogP contribution in [0, 0.1) is 0 Å². The molecule has 0 amide bonds. The van der Waals surface area contributed by atoms with Gasteiger partial charge >= 0.3 is 22.8 Å². The molecule has 2 bridgehead atoms. The van der Waals surface area contributed by atoms with Gasteiger partial charge in [0.15, 0.2) is 6.23 Å². The van der Waals surface area contributed by atoms with Crippen molar-refractivity contribution in [2.75, 3.05) is 12.4 Å². The zero-order valence-corrected chi connectivity index (χ0v) is 23.7. The Morgan fingerprint density at radius 1 is 1.03 bits per heavy atom. The first-order valence-corrected chi connectivity index (χ1v) is 17.0. The maximum Gasteiger partial charge on any atom is 0.335 e. The highest BCUT2D eigenvalue weighted by molar-refractivity contribution is 8.00. The smallest absolute Gasteiger partial charge is 0.335 e. The molecular weight excluding hydrogens is 476 g/mol. The molecule has 4 rings (SSSR count). The van der Waals surface area contributed by atoms with Crippen molar-refractivity contribution < 1.29 is 17.7 Å². The van der Waals surface area contributed by atoms with Crippen LogP contribution in [0.1, 0.15) is 61.6 Å². The summed E-state index contributed by atoms with van der Waals surface area (Å²) < 4.78 is 29.5. The lowest BCUT2D eigenvalue weighted by atomic mass is 10.0. The summed E-state index contributed by atoms with van der Waals surface area (Å²) in [4.78, 5) is 26.6. The van der Waals surface area contributed by atoms with Gasteiger partial charge < -0.3 is 17.7 Å². The third-order valence-electron chi connectivity index (χ3n) is 7.49. The average molecular weight is 515 g/mol. The van der Waals surface area contributed by atoms with Crippen LogP contribution in [0.3, 0.4) is 0 Å². The predicted octanol–water partition coefficient (Wildman–Crippen LogP) is 3.88. The molecule has 3 aliphatic rings. The molecule has 1 aromatic heterocycles. The molecule has 33 heavy (non-hydrogen) atoms. The van der Waals surface area contributed by atoms with E-state index in [0.717, 1.165) is 5.75 Å². The van der Waals surface area contributed by atoms with Crippen molar-refractivity contribution in [3.8, 4) is 0 Å². The molecule has 11 heteroatoms. The molecule has 0 aliphatic carbocycles. The van der Waals surface area contributed by atoms with E-state index in [1.807, 2.05) is 0 Å². The zero-order valence-electron chi connectivity index (χ0n) is 20.9. The van der Waals surface area contributed by atoms with Crippen molar-refractivity contribution in [1.82, 2.24) is 9.55 Å². The summed E-state index contributed by atoms with van der Waals surface area (Å²) in [7, 11) is -5.44. The van der Waals surface area contributed by atoms with Crippen molar-refractivity contribution in [3.63, 3.8) is 0 Å². The largest absolute Gasteiger partial charge is 0.414 e. The summed E-state index contributed by atoms with van der Waals surface area (Å²) in [5.74, 6) is 0.748. The molecular formula is C22H38N2O6SSi2. The van der Waals surface area contributed by atoms with Crippen molar-refractivity contribution in [2.45, 2.75) is 101 Å². The topological polar surface area (TPSA) is 91.8 Å². The molecule has 0 saturated carbocycles. The van der Waals surface area contributed by atoms with Gasteiger partial charge in [-0.1, -0.05) is 55.4 Å². The second kappa shape index (κ2) is 8.75. The van der Waals surface area contributed by atoms with Crippen molar-refractivity contribution in [1.29, 1.82) is 0 Å². The van der Waals surface area contributed by atoms with E-state index >= 15 is 0 Å². The van der Waals surface area contributed by atoms with Gasteiger partial charge in [-0.25, -0.2) is 4.79 Å². The SMILES string of the molecule is CC(C)[Si]1(C(C)C)OC[C@@]23CS[C@@H]([C@H](n4ccc(=O)[nH]c4=O)O2)[C@@H]3O[Si](C(C)C)(C(C)C)O1.